The van der Waals surface area contributed by atoms with Crippen LogP contribution in [0.1, 0.15) is 24.1 Å². The van der Waals surface area contributed by atoms with E-state index in [1.54, 1.807) is 6.07 Å². The molecule has 0 radical (unpaired) electrons. The lowest BCUT2D eigenvalue weighted by Crippen LogP contribution is -2.33. The second-order valence-electron chi connectivity index (χ2n) is 6.61. The molecule has 3 rings (SSSR count). The molecule has 0 saturated carbocycles. The normalized spacial score (nSPS) is 12.4. The first kappa shape index (κ1) is 20.3. The fourth-order valence-electron chi connectivity index (χ4n) is 2.68. The SMILES string of the molecule is Cc1ccc(-c2ccc(=O)n(C(C)C(=O)Nc3ccc(C(F)(F)F)cc3)n2)cc1. The quantitative estimate of drug-likeness (QED) is 0.703. The van der Waals surface area contributed by atoms with Gasteiger partial charge in [0, 0.05) is 17.3 Å². The Hall–Kier alpha value is -3.42. The zero-order valence-electron chi connectivity index (χ0n) is 15.7. The molecule has 2 aromatic carbocycles. The molecule has 1 atom stereocenters. The van der Waals surface area contributed by atoms with Crippen LogP contribution >= 0.6 is 0 Å². The largest absolute Gasteiger partial charge is 0.416 e. The number of rotatable bonds is 4. The van der Waals surface area contributed by atoms with Gasteiger partial charge in [-0.3, -0.25) is 9.59 Å². The number of aromatic nitrogens is 2. The van der Waals surface area contributed by atoms with Crippen LogP contribution in [-0.4, -0.2) is 15.7 Å². The van der Waals surface area contributed by atoms with Gasteiger partial charge in [-0.2, -0.15) is 18.3 Å². The number of anilines is 1. The lowest BCUT2D eigenvalue weighted by Gasteiger charge is -2.15. The smallest absolute Gasteiger partial charge is 0.324 e. The van der Waals surface area contributed by atoms with Crippen LogP contribution in [0.15, 0.2) is 65.5 Å². The molecule has 0 spiro atoms. The Morgan fingerprint density at radius 2 is 1.62 bits per heavy atom. The van der Waals surface area contributed by atoms with Crippen molar-refractivity contribution in [3.63, 3.8) is 0 Å². The highest BCUT2D eigenvalue weighted by atomic mass is 19.4. The van der Waals surface area contributed by atoms with E-state index in [-0.39, 0.29) is 5.69 Å². The topological polar surface area (TPSA) is 64.0 Å². The third-order valence-corrected chi connectivity index (χ3v) is 4.40. The van der Waals surface area contributed by atoms with Crippen LogP contribution in [0.2, 0.25) is 0 Å². The van der Waals surface area contributed by atoms with Crippen molar-refractivity contribution >= 4 is 11.6 Å². The maximum absolute atomic E-state index is 12.6. The van der Waals surface area contributed by atoms with Crippen molar-refractivity contribution in [3.05, 3.63) is 82.1 Å². The highest BCUT2D eigenvalue weighted by molar-refractivity contribution is 5.93. The van der Waals surface area contributed by atoms with E-state index in [2.05, 4.69) is 10.4 Å². The van der Waals surface area contributed by atoms with Crippen LogP contribution in [-0.2, 0) is 11.0 Å². The second-order valence-corrected chi connectivity index (χ2v) is 6.61. The first-order valence-electron chi connectivity index (χ1n) is 8.80. The zero-order valence-corrected chi connectivity index (χ0v) is 15.7. The average Bonchev–Trinajstić information content (AvgIpc) is 2.68. The van der Waals surface area contributed by atoms with E-state index in [1.165, 1.54) is 13.0 Å². The van der Waals surface area contributed by atoms with Crippen LogP contribution in [0, 0.1) is 6.92 Å². The highest BCUT2D eigenvalue weighted by Gasteiger charge is 2.30. The first-order valence-corrected chi connectivity index (χ1v) is 8.80. The number of benzene rings is 2. The number of carbonyl (C=O) groups is 1. The van der Waals surface area contributed by atoms with Gasteiger partial charge in [0.25, 0.3) is 5.56 Å². The van der Waals surface area contributed by atoms with Gasteiger partial charge in [-0.05, 0) is 44.2 Å². The zero-order chi connectivity index (χ0) is 21.2. The fourth-order valence-corrected chi connectivity index (χ4v) is 2.68. The summed E-state index contributed by atoms with van der Waals surface area (Å²) in [6.07, 6.45) is -4.45. The predicted octanol–water partition coefficient (Wildman–Crippen LogP) is 4.44. The van der Waals surface area contributed by atoms with Crippen LogP contribution in [0.3, 0.4) is 0 Å². The summed E-state index contributed by atoms with van der Waals surface area (Å²) in [5, 5.41) is 6.78. The summed E-state index contributed by atoms with van der Waals surface area (Å²) in [4.78, 5) is 24.7. The van der Waals surface area contributed by atoms with E-state index in [0.717, 1.165) is 40.1 Å². The molecule has 0 aliphatic heterocycles. The van der Waals surface area contributed by atoms with E-state index in [9.17, 15) is 22.8 Å². The maximum Gasteiger partial charge on any atom is 0.416 e. The lowest BCUT2D eigenvalue weighted by molar-refractivity contribution is -0.137. The molecule has 0 saturated heterocycles. The van der Waals surface area contributed by atoms with Gasteiger partial charge >= 0.3 is 6.18 Å². The van der Waals surface area contributed by atoms with Gasteiger partial charge < -0.3 is 5.32 Å². The molecule has 8 heteroatoms. The average molecular weight is 401 g/mol. The molecule has 1 amide bonds. The Labute approximate surface area is 164 Å². The van der Waals surface area contributed by atoms with E-state index in [1.807, 2.05) is 31.2 Å². The van der Waals surface area contributed by atoms with Gasteiger partial charge in [-0.25, -0.2) is 4.68 Å². The van der Waals surface area contributed by atoms with Crippen LogP contribution in [0.5, 0.6) is 0 Å². The van der Waals surface area contributed by atoms with E-state index in [0.29, 0.717) is 5.69 Å². The van der Waals surface area contributed by atoms with Gasteiger partial charge in [-0.15, -0.1) is 0 Å². The summed E-state index contributed by atoms with van der Waals surface area (Å²) in [7, 11) is 0. The van der Waals surface area contributed by atoms with Crippen molar-refractivity contribution < 1.29 is 18.0 Å². The predicted molar refractivity (Wildman–Crippen MR) is 103 cm³/mol. The third-order valence-electron chi connectivity index (χ3n) is 4.40. The molecule has 1 N–H and O–H groups in total. The molecule has 1 heterocycles. The van der Waals surface area contributed by atoms with Gasteiger partial charge in [-0.1, -0.05) is 29.8 Å². The Kier molecular flexibility index (Phi) is 5.54. The van der Waals surface area contributed by atoms with Crippen molar-refractivity contribution in [1.82, 2.24) is 9.78 Å². The molecule has 0 fully saturated rings. The minimum absolute atomic E-state index is 0.192. The number of nitrogens with one attached hydrogen (secondary N) is 1. The number of hydrogen-bond donors (Lipinski definition) is 1. The van der Waals surface area contributed by atoms with Gasteiger partial charge in [0.1, 0.15) is 6.04 Å². The minimum Gasteiger partial charge on any atom is -0.324 e. The van der Waals surface area contributed by atoms with Crippen molar-refractivity contribution in [2.75, 3.05) is 5.32 Å². The van der Waals surface area contributed by atoms with Crippen molar-refractivity contribution in [2.45, 2.75) is 26.1 Å². The summed E-state index contributed by atoms with van der Waals surface area (Å²) >= 11 is 0. The number of aryl methyl sites for hydroxylation is 1. The van der Waals surface area contributed by atoms with Crippen molar-refractivity contribution in [3.8, 4) is 11.3 Å². The molecule has 1 aromatic heterocycles. The number of halogens is 3. The Balaban J connectivity index is 1.81. The van der Waals surface area contributed by atoms with Gasteiger partial charge in [0.15, 0.2) is 0 Å². The van der Waals surface area contributed by atoms with E-state index >= 15 is 0 Å². The summed E-state index contributed by atoms with van der Waals surface area (Å²) < 4.78 is 39.0. The van der Waals surface area contributed by atoms with Crippen LogP contribution in [0.25, 0.3) is 11.3 Å². The molecule has 1 unspecified atom stereocenters. The molecule has 0 bridgehead atoms. The number of nitrogens with zero attached hydrogens (tertiary/aromatic N) is 2. The van der Waals surface area contributed by atoms with Crippen LogP contribution < -0.4 is 10.9 Å². The van der Waals surface area contributed by atoms with Gasteiger partial charge in [0.2, 0.25) is 5.91 Å². The van der Waals surface area contributed by atoms with E-state index < -0.39 is 29.2 Å². The van der Waals surface area contributed by atoms with Gasteiger partial charge in [0.05, 0.1) is 11.3 Å². The first-order chi connectivity index (χ1) is 13.6. The summed E-state index contributed by atoms with van der Waals surface area (Å²) in [6.45, 7) is 3.44. The van der Waals surface area contributed by atoms with Crippen molar-refractivity contribution in [1.29, 1.82) is 0 Å². The summed E-state index contributed by atoms with van der Waals surface area (Å²) in [5.41, 5.74) is 1.31. The lowest BCUT2D eigenvalue weighted by atomic mass is 10.1. The highest BCUT2D eigenvalue weighted by Crippen LogP contribution is 2.30. The van der Waals surface area contributed by atoms with Crippen LogP contribution in [0.4, 0.5) is 18.9 Å². The molecule has 150 valence electrons. The number of carbonyl (C=O) groups excluding carboxylic acids is 1. The van der Waals surface area contributed by atoms with Crippen molar-refractivity contribution in [2.24, 2.45) is 0 Å². The number of amides is 1. The molecule has 29 heavy (non-hydrogen) atoms. The molecule has 0 aliphatic carbocycles. The third kappa shape index (κ3) is 4.71. The monoisotopic (exact) mass is 401 g/mol. The second kappa shape index (κ2) is 7.90. The van der Waals surface area contributed by atoms with E-state index in [4.69, 9.17) is 0 Å². The summed E-state index contributed by atoms with van der Waals surface area (Å²) in [6, 6.07) is 13.5. The minimum atomic E-state index is -4.45. The molecular formula is C21H18F3N3O2. The molecule has 0 aliphatic rings. The maximum atomic E-state index is 12.6. The Morgan fingerprint density at radius 1 is 1.00 bits per heavy atom. The standard InChI is InChI=1S/C21H18F3N3O2/c1-13-3-5-15(6-4-13)18-11-12-19(28)27(26-18)14(2)20(29)25-17-9-7-16(8-10-17)21(22,23)24/h3-12,14H,1-2H3,(H,25,29). The Morgan fingerprint density at radius 3 is 2.21 bits per heavy atom. The summed E-state index contributed by atoms with van der Waals surface area (Å²) in [5.74, 6) is -0.569. The molecular weight excluding hydrogens is 383 g/mol. The Bertz CT molecular complexity index is 1070. The molecule has 5 nitrogen and oxygen atoms in total. The number of hydrogen-bond acceptors (Lipinski definition) is 3. The molecule has 3 aromatic rings. The fraction of sp³-hybridized carbons (Fsp3) is 0.190. The number of alkyl halides is 3.